The molecular weight excluding hydrogens is 309 g/mol. The summed E-state index contributed by atoms with van der Waals surface area (Å²) in [5.41, 5.74) is 1.50. The molecule has 0 radical (unpaired) electrons. The van der Waals surface area contributed by atoms with Crippen molar-refractivity contribution < 1.29 is 13.9 Å². The highest BCUT2D eigenvalue weighted by atomic mass is 35.5. The smallest absolute Gasteiger partial charge is 0.299 e. The number of hydrogen-bond donors (Lipinski definition) is 1. The summed E-state index contributed by atoms with van der Waals surface area (Å²) in [6, 6.07) is 7.95. The topological polar surface area (TPSA) is 55.6 Å². The first kappa shape index (κ1) is 14.3. The van der Waals surface area contributed by atoms with Gasteiger partial charge < -0.3 is 10.1 Å². The molecule has 0 aliphatic carbocycles. The molecule has 3 rings (SSSR count). The highest BCUT2D eigenvalue weighted by Gasteiger charge is 2.12. The standard InChI is InChI=1S/C15H11ClFN3O2/c16-11-2-1-3-12(17)10(11)8-19-13-4-5-14-18-6-7-20(14)15(13)22-9-21/h1-7,9,19H,8H2. The minimum Gasteiger partial charge on any atom is -0.409 e. The Bertz CT molecular complexity index is 815. The summed E-state index contributed by atoms with van der Waals surface area (Å²) in [7, 11) is 0. The van der Waals surface area contributed by atoms with Crippen molar-refractivity contribution in [3.63, 3.8) is 0 Å². The van der Waals surface area contributed by atoms with E-state index in [0.29, 0.717) is 28.4 Å². The van der Waals surface area contributed by atoms with E-state index < -0.39 is 5.82 Å². The molecule has 0 bridgehead atoms. The Hall–Kier alpha value is -2.60. The fourth-order valence-corrected chi connectivity index (χ4v) is 2.38. The summed E-state index contributed by atoms with van der Waals surface area (Å²) in [6.07, 6.45) is 3.25. The van der Waals surface area contributed by atoms with Crippen LogP contribution in [0.15, 0.2) is 42.7 Å². The molecule has 0 saturated heterocycles. The summed E-state index contributed by atoms with van der Waals surface area (Å²) in [5, 5.41) is 3.35. The Balaban J connectivity index is 1.93. The van der Waals surface area contributed by atoms with Gasteiger partial charge in [0.25, 0.3) is 6.47 Å². The number of carbonyl (C=O) groups excluding carboxylic acids is 1. The van der Waals surface area contributed by atoms with E-state index >= 15 is 0 Å². The van der Waals surface area contributed by atoms with Gasteiger partial charge in [0.05, 0.1) is 5.69 Å². The molecule has 0 spiro atoms. The lowest BCUT2D eigenvalue weighted by Gasteiger charge is -2.13. The number of halogens is 2. The molecule has 1 N–H and O–H groups in total. The van der Waals surface area contributed by atoms with Crippen molar-refractivity contribution in [1.82, 2.24) is 9.38 Å². The maximum absolute atomic E-state index is 13.8. The first-order valence-corrected chi connectivity index (χ1v) is 6.81. The minimum absolute atomic E-state index is 0.154. The van der Waals surface area contributed by atoms with Gasteiger partial charge in [-0.05, 0) is 24.3 Å². The van der Waals surface area contributed by atoms with Crippen LogP contribution in [-0.4, -0.2) is 15.9 Å². The molecule has 0 atom stereocenters. The number of carbonyl (C=O) groups is 1. The average Bonchev–Trinajstić information content (AvgIpc) is 2.97. The first-order valence-electron chi connectivity index (χ1n) is 6.44. The average molecular weight is 320 g/mol. The van der Waals surface area contributed by atoms with Crippen molar-refractivity contribution in [2.45, 2.75) is 6.54 Å². The number of imidazole rings is 1. The van der Waals surface area contributed by atoms with Gasteiger partial charge in [-0.2, -0.15) is 0 Å². The summed E-state index contributed by atoms with van der Waals surface area (Å²) < 4.78 is 20.4. The lowest BCUT2D eigenvalue weighted by atomic mass is 10.2. The highest BCUT2D eigenvalue weighted by molar-refractivity contribution is 6.31. The van der Waals surface area contributed by atoms with Gasteiger partial charge in [-0.15, -0.1) is 0 Å². The molecule has 2 heterocycles. The molecular formula is C15H11ClFN3O2. The summed E-state index contributed by atoms with van der Waals surface area (Å²) in [6.45, 7) is 0.483. The number of nitrogens with zero attached hydrogens (tertiary/aromatic N) is 2. The number of anilines is 1. The van der Waals surface area contributed by atoms with Gasteiger partial charge >= 0.3 is 0 Å². The van der Waals surface area contributed by atoms with Gasteiger partial charge in [0.1, 0.15) is 11.5 Å². The monoisotopic (exact) mass is 319 g/mol. The van der Waals surface area contributed by atoms with Crippen LogP contribution in [0.25, 0.3) is 5.65 Å². The van der Waals surface area contributed by atoms with Crippen molar-refractivity contribution in [2.24, 2.45) is 0 Å². The molecule has 112 valence electrons. The van der Waals surface area contributed by atoms with E-state index in [4.69, 9.17) is 16.3 Å². The number of benzene rings is 1. The molecule has 0 fully saturated rings. The molecule has 0 amide bonds. The number of nitrogens with one attached hydrogen (secondary N) is 1. The lowest BCUT2D eigenvalue weighted by Crippen LogP contribution is -2.07. The fourth-order valence-electron chi connectivity index (χ4n) is 2.15. The molecule has 5 nitrogen and oxygen atoms in total. The van der Waals surface area contributed by atoms with Crippen LogP contribution in [0, 0.1) is 5.82 Å². The van der Waals surface area contributed by atoms with E-state index in [1.165, 1.54) is 6.07 Å². The van der Waals surface area contributed by atoms with Crippen LogP contribution < -0.4 is 10.1 Å². The van der Waals surface area contributed by atoms with Crippen molar-refractivity contribution in [3.8, 4) is 5.88 Å². The van der Waals surface area contributed by atoms with E-state index in [-0.39, 0.29) is 12.4 Å². The zero-order chi connectivity index (χ0) is 15.5. The molecule has 3 aromatic rings. The summed E-state index contributed by atoms with van der Waals surface area (Å²) >= 11 is 5.99. The second-order valence-corrected chi connectivity index (χ2v) is 4.88. The molecule has 0 saturated carbocycles. The number of fused-ring (bicyclic) bond motifs is 1. The Kier molecular flexibility index (Phi) is 3.93. The maximum atomic E-state index is 13.8. The van der Waals surface area contributed by atoms with Crippen molar-refractivity contribution in [2.75, 3.05) is 5.32 Å². The molecule has 2 aromatic heterocycles. The van der Waals surface area contributed by atoms with Crippen LogP contribution in [0.5, 0.6) is 5.88 Å². The van der Waals surface area contributed by atoms with Crippen LogP contribution in [0.4, 0.5) is 10.1 Å². The molecule has 22 heavy (non-hydrogen) atoms. The van der Waals surface area contributed by atoms with E-state index in [1.54, 1.807) is 41.1 Å². The van der Waals surface area contributed by atoms with E-state index in [9.17, 15) is 9.18 Å². The molecule has 0 aliphatic rings. The fraction of sp³-hybridized carbons (Fsp3) is 0.0667. The van der Waals surface area contributed by atoms with Crippen LogP contribution in [0.3, 0.4) is 0 Å². The Labute approximate surface area is 130 Å². The third kappa shape index (κ3) is 2.60. The van der Waals surface area contributed by atoms with Gasteiger partial charge in [-0.25, -0.2) is 9.37 Å². The second-order valence-electron chi connectivity index (χ2n) is 4.48. The minimum atomic E-state index is -0.401. The van der Waals surface area contributed by atoms with Crippen molar-refractivity contribution in [1.29, 1.82) is 0 Å². The summed E-state index contributed by atoms with van der Waals surface area (Å²) in [4.78, 5) is 14.8. The number of hydrogen-bond acceptors (Lipinski definition) is 4. The van der Waals surface area contributed by atoms with Crippen LogP contribution in [0.2, 0.25) is 5.02 Å². The number of ether oxygens (including phenoxy) is 1. The Morgan fingerprint density at radius 3 is 3.00 bits per heavy atom. The van der Waals surface area contributed by atoms with Crippen LogP contribution >= 0.6 is 11.6 Å². The highest BCUT2D eigenvalue weighted by Crippen LogP contribution is 2.27. The largest absolute Gasteiger partial charge is 0.409 e. The van der Waals surface area contributed by atoms with Gasteiger partial charge in [0, 0.05) is 29.5 Å². The van der Waals surface area contributed by atoms with Crippen LogP contribution in [-0.2, 0) is 11.3 Å². The normalized spacial score (nSPS) is 10.6. The van der Waals surface area contributed by atoms with Crippen molar-refractivity contribution in [3.05, 3.63) is 59.1 Å². The molecule has 1 aromatic carbocycles. The van der Waals surface area contributed by atoms with Gasteiger partial charge in [0.2, 0.25) is 5.88 Å². The lowest BCUT2D eigenvalue weighted by molar-refractivity contribution is -0.120. The molecule has 0 unspecified atom stereocenters. The third-order valence-electron chi connectivity index (χ3n) is 3.19. The number of pyridine rings is 1. The van der Waals surface area contributed by atoms with Gasteiger partial charge in [0.15, 0.2) is 0 Å². The van der Waals surface area contributed by atoms with Crippen LogP contribution in [0.1, 0.15) is 5.56 Å². The van der Waals surface area contributed by atoms with E-state index in [2.05, 4.69) is 10.3 Å². The quantitative estimate of drug-likeness (QED) is 0.733. The maximum Gasteiger partial charge on any atom is 0.299 e. The predicted molar refractivity (Wildman–Crippen MR) is 80.6 cm³/mol. The zero-order valence-corrected chi connectivity index (χ0v) is 12.0. The Morgan fingerprint density at radius 1 is 1.36 bits per heavy atom. The van der Waals surface area contributed by atoms with Crippen molar-refractivity contribution >= 4 is 29.4 Å². The summed E-state index contributed by atoms with van der Waals surface area (Å²) in [5.74, 6) is -0.126. The predicted octanol–water partition coefficient (Wildman–Crippen LogP) is 3.27. The SMILES string of the molecule is O=COc1c(NCc2c(F)cccc2Cl)ccc2nccn12. The first-order chi connectivity index (χ1) is 10.7. The zero-order valence-electron chi connectivity index (χ0n) is 11.3. The molecule has 0 aliphatic heterocycles. The van der Waals surface area contributed by atoms with E-state index in [0.717, 1.165) is 0 Å². The second kappa shape index (κ2) is 6.03. The van der Waals surface area contributed by atoms with Gasteiger partial charge in [-0.1, -0.05) is 17.7 Å². The number of aromatic nitrogens is 2. The molecule has 7 heteroatoms. The van der Waals surface area contributed by atoms with E-state index in [1.807, 2.05) is 0 Å². The van der Waals surface area contributed by atoms with Gasteiger partial charge in [-0.3, -0.25) is 9.20 Å². The third-order valence-corrected chi connectivity index (χ3v) is 3.55. The number of rotatable bonds is 5. The Morgan fingerprint density at radius 2 is 2.23 bits per heavy atom.